The molecule has 0 aliphatic carbocycles. The van der Waals surface area contributed by atoms with E-state index in [4.69, 9.17) is 0 Å². The summed E-state index contributed by atoms with van der Waals surface area (Å²) < 4.78 is 13.8. The van der Waals surface area contributed by atoms with Crippen molar-refractivity contribution >= 4 is 29.9 Å². The molecule has 6 nitrogen and oxygen atoms in total. The van der Waals surface area contributed by atoms with Crippen molar-refractivity contribution in [1.29, 1.82) is 0 Å². The second-order valence-corrected chi connectivity index (χ2v) is 7.27. The number of nitrogens with zero attached hydrogens (tertiary/aromatic N) is 3. The third kappa shape index (κ3) is 7.48. The molecule has 1 aliphatic rings. The van der Waals surface area contributed by atoms with Gasteiger partial charge in [-0.15, -0.1) is 24.0 Å². The number of piperidine rings is 1. The Morgan fingerprint density at radius 1 is 1.23 bits per heavy atom. The summed E-state index contributed by atoms with van der Waals surface area (Å²) in [6.07, 6.45) is 2.88. The topological polar surface area (TPSA) is 72.8 Å². The van der Waals surface area contributed by atoms with Crippen molar-refractivity contribution < 1.29 is 9.50 Å². The highest BCUT2D eigenvalue weighted by Gasteiger charge is 2.20. The molecule has 1 aromatic carbocycles. The van der Waals surface area contributed by atoms with E-state index in [9.17, 15) is 9.50 Å². The Kier molecular flexibility index (Phi) is 10.5. The molecule has 164 valence electrons. The van der Waals surface area contributed by atoms with Crippen LogP contribution in [0.3, 0.4) is 0 Å². The Labute approximate surface area is 195 Å². The molecule has 1 saturated heterocycles. The minimum atomic E-state index is -0.966. The standard InChI is InChI=1S/C22H30FN5O.HI/c1-2-24-22(26-15-21(29)19-8-3-4-9-20(19)23)27-17-10-13-28(14-11-17)16-18-7-5-6-12-25-18;/h3-9,12,17,21,29H,2,10-11,13-16H2,1H3,(H2,24,26,27);1H. The number of rotatable bonds is 7. The molecular formula is C22H31FIN5O. The van der Waals surface area contributed by atoms with Crippen LogP contribution in [0.25, 0.3) is 0 Å². The van der Waals surface area contributed by atoms with Crippen LogP contribution in [-0.2, 0) is 6.54 Å². The number of aliphatic hydroxyl groups is 1. The van der Waals surface area contributed by atoms with E-state index in [0.29, 0.717) is 12.0 Å². The largest absolute Gasteiger partial charge is 0.386 e. The van der Waals surface area contributed by atoms with Gasteiger partial charge in [-0.25, -0.2) is 4.39 Å². The maximum Gasteiger partial charge on any atom is 0.191 e. The first kappa shape index (κ1) is 24.5. The van der Waals surface area contributed by atoms with E-state index in [1.54, 1.807) is 18.2 Å². The molecule has 1 fully saturated rings. The van der Waals surface area contributed by atoms with Crippen LogP contribution in [0.4, 0.5) is 4.39 Å². The molecule has 0 radical (unpaired) electrons. The van der Waals surface area contributed by atoms with Gasteiger partial charge >= 0.3 is 0 Å². The molecule has 0 amide bonds. The lowest BCUT2D eigenvalue weighted by molar-refractivity contribution is 0.181. The van der Waals surface area contributed by atoms with Crippen LogP contribution >= 0.6 is 24.0 Å². The van der Waals surface area contributed by atoms with Gasteiger partial charge in [-0.1, -0.05) is 24.3 Å². The van der Waals surface area contributed by atoms with Crippen molar-refractivity contribution in [3.8, 4) is 0 Å². The lowest BCUT2D eigenvalue weighted by atomic mass is 10.0. The summed E-state index contributed by atoms with van der Waals surface area (Å²) in [5, 5.41) is 17.0. The van der Waals surface area contributed by atoms with Gasteiger partial charge in [0.1, 0.15) is 11.9 Å². The highest BCUT2D eigenvalue weighted by Crippen LogP contribution is 2.17. The van der Waals surface area contributed by atoms with E-state index in [0.717, 1.165) is 44.7 Å². The quantitative estimate of drug-likeness (QED) is 0.293. The van der Waals surface area contributed by atoms with Gasteiger partial charge in [0.25, 0.3) is 0 Å². The van der Waals surface area contributed by atoms with Crippen molar-refractivity contribution in [2.45, 2.75) is 38.5 Å². The summed E-state index contributed by atoms with van der Waals surface area (Å²) in [5.41, 5.74) is 1.37. The Hall–Kier alpha value is -1.78. The molecule has 0 saturated carbocycles. The second kappa shape index (κ2) is 12.8. The minimum absolute atomic E-state index is 0. The van der Waals surface area contributed by atoms with Crippen molar-refractivity contribution in [2.24, 2.45) is 4.99 Å². The van der Waals surface area contributed by atoms with Crippen molar-refractivity contribution in [3.63, 3.8) is 0 Å². The van der Waals surface area contributed by atoms with E-state index in [1.807, 2.05) is 25.3 Å². The molecule has 1 unspecified atom stereocenters. The Morgan fingerprint density at radius 2 is 1.97 bits per heavy atom. The lowest BCUT2D eigenvalue weighted by Gasteiger charge is -2.32. The number of hydrogen-bond acceptors (Lipinski definition) is 4. The minimum Gasteiger partial charge on any atom is -0.386 e. The smallest absolute Gasteiger partial charge is 0.191 e. The van der Waals surface area contributed by atoms with Crippen molar-refractivity contribution in [3.05, 3.63) is 65.7 Å². The molecule has 0 bridgehead atoms. The first-order valence-electron chi connectivity index (χ1n) is 10.2. The molecule has 3 N–H and O–H groups in total. The lowest BCUT2D eigenvalue weighted by Crippen LogP contribution is -2.48. The van der Waals surface area contributed by atoms with Gasteiger partial charge in [-0.2, -0.15) is 0 Å². The van der Waals surface area contributed by atoms with E-state index in [1.165, 1.54) is 6.07 Å². The van der Waals surface area contributed by atoms with Crippen LogP contribution in [-0.4, -0.2) is 53.2 Å². The summed E-state index contributed by atoms with van der Waals surface area (Å²) in [5.74, 6) is 0.250. The van der Waals surface area contributed by atoms with Crippen molar-refractivity contribution in [1.82, 2.24) is 20.5 Å². The Balaban J connectivity index is 0.00000320. The molecular weight excluding hydrogens is 496 g/mol. The number of nitrogens with one attached hydrogen (secondary N) is 2. The highest BCUT2D eigenvalue weighted by atomic mass is 127. The molecule has 3 rings (SSSR count). The summed E-state index contributed by atoms with van der Waals surface area (Å²) in [6.45, 7) is 5.68. The number of pyridine rings is 1. The predicted octanol–water partition coefficient (Wildman–Crippen LogP) is 3.09. The number of halogens is 2. The zero-order chi connectivity index (χ0) is 20.5. The van der Waals surface area contributed by atoms with Crippen molar-refractivity contribution in [2.75, 3.05) is 26.2 Å². The van der Waals surface area contributed by atoms with Gasteiger partial charge in [0, 0.05) is 44.0 Å². The van der Waals surface area contributed by atoms with Gasteiger partial charge < -0.3 is 15.7 Å². The van der Waals surface area contributed by atoms with Gasteiger partial charge in [0.15, 0.2) is 5.96 Å². The molecule has 1 atom stereocenters. The summed E-state index contributed by atoms with van der Waals surface area (Å²) in [7, 11) is 0. The Morgan fingerprint density at radius 3 is 2.63 bits per heavy atom. The third-order valence-electron chi connectivity index (χ3n) is 5.07. The summed E-state index contributed by atoms with van der Waals surface area (Å²) in [6, 6.07) is 12.6. The number of aromatic nitrogens is 1. The maximum absolute atomic E-state index is 13.8. The fourth-order valence-electron chi connectivity index (χ4n) is 3.49. The molecule has 2 aromatic rings. The average molecular weight is 527 g/mol. The van der Waals surface area contributed by atoms with E-state index in [-0.39, 0.29) is 36.1 Å². The highest BCUT2D eigenvalue weighted by molar-refractivity contribution is 14.0. The average Bonchev–Trinajstić information content (AvgIpc) is 2.74. The molecule has 8 heteroatoms. The third-order valence-corrected chi connectivity index (χ3v) is 5.07. The molecule has 30 heavy (non-hydrogen) atoms. The summed E-state index contributed by atoms with van der Waals surface area (Å²) >= 11 is 0. The Bertz CT molecular complexity index is 784. The molecule has 1 aromatic heterocycles. The second-order valence-electron chi connectivity index (χ2n) is 7.27. The molecule has 1 aliphatic heterocycles. The normalized spacial score (nSPS) is 16.6. The van der Waals surface area contributed by atoms with Gasteiger partial charge in [-0.05, 0) is 38.0 Å². The number of hydrogen-bond donors (Lipinski definition) is 3. The van der Waals surface area contributed by atoms with Crippen LogP contribution < -0.4 is 10.6 Å². The van der Waals surface area contributed by atoms with Crippen LogP contribution in [0.15, 0.2) is 53.7 Å². The first-order valence-corrected chi connectivity index (χ1v) is 10.2. The molecule has 2 heterocycles. The SMILES string of the molecule is CCNC(=NCC(O)c1ccccc1F)NC1CCN(Cc2ccccn2)CC1.I. The monoisotopic (exact) mass is 527 g/mol. The van der Waals surface area contributed by atoms with Crippen LogP contribution in [0.1, 0.15) is 37.1 Å². The number of aliphatic imine (C=N–C) groups is 1. The zero-order valence-corrected chi connectivity index (χ0v) is 19.6. The number of likely N-dealkylation sites (tertiary alicyclic amines) is 1. The van der Waals surface area contributed by atoms with Gasteiger partial charge in [0.05, 0.1) is 12.2 Å². The number of benzene rings is 1. The van der Waals surface area contributed by atoms with Crippen LogP contribution in [0.5, 0.6) is 0 Å². The number of aliphatic hydroxyl groups excluding tert-OH is 1. The predicted molar refractivity (Wildman–Crippen MR) is 128 cm³/mol. The van der Waals surface area contributed by atoms with E-state index >= 15 is 0 Å². The van der Waals surface area contributed by atoms with Crippen LogP contribution in [0.2, 0.25) is 0 Å². The fraction of sp³-hybridized carbons (Fsp3) is 0.455. The zero-order valence-electron chi connectivity index (χ0n) is 17.3. The van der Waals surface area contributed by atoms with E-state index < -0.39 is 11.9 Å². The number of guanidine groups is 1. The molecule has 0 spiro atoms. The first-order chi connectivity index (χ1) is 14.2. The van der Waals surface area contributed by atoms with E-state index in [2.05, 4.69) is 31.6 Å². The van der Waals surface area contributed by atoms with Gasteiger partial charge in [-0.3, -0.25) is 14.9 Å². The summed E-state index contributed by atoms with van der Waals surface area (Å²) in [4.78, 5) is 11.3. The fourth-order valence-corrected chi connectivity index (χ4v) is 3.49. The van der Waals surface area contributed by atoms with Crippen LogP contribution in [0, 0.1) is 5.82 Å². The maximum atomic E-state index is 13.8. The van der Waals surface area contributed by atoms with Gasteiger partial charge in [0.2, 0.25) is 0 Å².